The van der Waals surface area contributed by atoms with Crippen molar-refractivity contribution in [1.29, 1.82) is 0 Å². The zero-order valence-electron chi connectivity index (χ0n) is 8.43. The lowest BCUT2D eigenvalue weighted by Crippen LogP contribution is -2.09. The van der Waals surface area contributed by atoms with E-state index >= 15 is 0 Å². The van der Waals surface area contributed by atoms with Gasteiger partial charge in [-0.05, 0) is 19.1 Å². The first-order valence-corrected chi connectivity index (χ1v) is 6.43. The number of imidazole rings is 1. The molecule has 0 radical (unpaired) electrons. The molecule has 0 spiro atoms. The van der Waals surface area contributed by atoms with Crippen molar-refractivity contribution in [3.63, 3.8) is 0 Å². The third-order valence-electron chi connectivity index (χ3n) is 2.30. The predicted octanol–water partition coefficient (Wildman–Crippen LogP) is 1.06. The third-order valence-corrected chi connectivity index (χ3v) is 3.81. The largest absolute Gasteiger partial charge is 0.340 e. The standard InChI is InChI=1S/C9H11N3O2S/c1-6(15(2,13)14)8-11-7-4-3-5-10-9(7)12-8/h3-6H,1-2H3,(H,10,11,12). The van der Waals surface area contributed by atoms with Crippen LogP contribution in [0.3, 0.4) is 0 Å². The fraction of sp³-hybridized carbons (Fsp3) is 0.333. The lowest BCUT2D eigenvalue weighted by atomic mass is 10.4. The maximum Gasteiger partial charge on any atom is 0.177 e. The lowest BCUT2D eigenvalue weighted by molar-refractivity contribution is 0.590. The summed E-state index contributed by atoms with van der Waals surface area (Å²) in [7, 11) is -3.13. The molecule has 5 nitrogen and oxygen atoms in total. The molecular formula is C9H11N3O2S. The van der Waals surface area contributed by atoms with Gasteiger partial charge in [0.25, 0.3) is 0 Å². The van der Waals surface area contributed by atoms with E-state index in [-0.39, 0.29) is 0 Å². The molecule has 2 heterocycles. The van der Waals surface area contributed by atoms with Gasteiger partial charge >= 0.3 is 0 Å². The first-order chi connectivity index (χ1) is 6.98. The van der Waals surface area contributed by atoms with Crippen LogP contribution in [0.5, 0.6) is 0 Å². The molecule has 0 saturated carbocycles. The molecule has 15 heavy (non-hydrogen) atoms. The molecule has 0 amide bonds. The molecule has 0 aliphatic rings. The fourth-order valence-corrected chi connectivity index (χ4v) is 1.78. The minimum absolute atomic E-state index is 0.436. The van der Waals surface area contributed by atoms with Crippen LogP contribution in [-0.4, -0.2) is 29.6 Å². The van der Waals surface area contributed by atoms with Crippen LogP contribution in [-0.2, 0) is 9.84 Å². The van der Waals surface area contributed by atoms with E-state index in [0.717, 1.165) is 5.52 Å². The maximum atomic E-state index is 11.3. The molecule has 6 heteroatoms. The maximum absolute atomic E-state index is 11.3. The molecule has 0 saturated heterocycles. The topological polar surface area (TPSA) is 75.7 Å². The Morgan fingerprint density at radius 1 is 1.47 bits per heavy atom. The highest BCUT2D eigenvalue weighted by molar-refractivity contribution is 7.90. The molecular weight excluding hydrogens is 214 g/mol. The molecule has 1 atom stereocenters. The summed E-state index contributed by atoms with van der Waals surface area (Å²) in [5.74, 6) is 0.436. The van der Waals surface area contributed by atoms with Gasteiger partial charge in [-0.3, -0.25) is 0 Å². The number of aromatic nitrogens is 3. The van der Waals surface area contributed by atoms with E-state index in [0.29, 0.717) is 11.5 Å². The Morgan fingerprint density at radius 3 is 2.80 bits per heavy atom. The van der Waals surface area contributed by atoms with Crippen LogP contribution in [0.25, 0.3) is 11.2 Å². The van der Waals surface area contributed by atoms with Gasteiger partial charge in [-0.1, -0.05) is 0 Å². The first-order valence-electron chi connectivity index (χ1n) is 4.48. The number of fused-ring (bicyclic) bond motifs is 1. The summed E-state index contributed by atoms with van der Waals surface area (Å²) in [5.41, 5.74) is 1.30. The van der Waals surface area contributed by atoms with Crippen LogP contribution in [0.2, 0.25) is 0 Å². The Balaban J connectivity index is 2.54. The number of sulfone groups is 1. The van der Waals surface area contributed by atoms with Crippen molar-refractivity contribution >= 4 is 21.0 Å². The van der Waals surface area contributed by atoms with E-state index in [1.807, 2.05) is 6.07 Å². The Morgan fingerprint density at radius 2 is 2.20 bits per heavy atom. The Kier molecular flexibility index (Phi) is 2.22. The highest BCUT2D eigenvalue weighted by Crippen LogP contribution is 2.19. The molecule has 0 aliphatic heterocycles. The van der Waals surface area contributed by atoms with E-state index in [2.05, 4.69) is 15.0 Å². The summed E-state index contributed by atoms with van der Waals surface area (Å²) in [6, 6.07) is 3.59. The Labute approximate surface area is 87.5 Å². The minimum Gasteiger partial charge on any atom is -0.340 e. The summed E-state index contributed by atoms with van der Waals surface area (Å²) < 4.78 is 22.7. The van der Waals surface area contributed by atoms with Crippen LogP contribution in [0.15, 0.2) is 18.3 Å². The van der Waals surface area contributed by atoms with Gasteiger partial charge in [-0.2, -0.15) is 0 Å². The molecule has 0 bridgehead atoms. The number of H-pyrrole nitrogens is 1. The van der Waals surface area contributed by atoms with E-state index in [1.165, 1.54) is 6.26 Å². The fourth-order valence-electron chi connectivity index (χ4n) is 1.26. The number of nitrogens with one attached hydrogen (secondary N) is 1. The van der Waals surface area contributed by atoms with Crippen LogP contribution in [0.1, 0.15) is 18.0 Å². The summed E-state index contributed by atoms with van der Waals surface area (Å²) in [6.45, 7) is 1.60. The molecule has 80 valence electrons. The van der Waals surface area contributed by atoms with Gasteiger partial charge in [0.2, 0.25) is 0 Å². The summed E-state index contributed by atoms with van der Waals surface area (Å²) in [6.07, 6.45) is 2.82. The van der Waals surface area contributed by atoms with Crippen molar-refractivity contribution in [2.75, 3.05) is 6.26 Å². The zero-order chi connectivity index (χ0) is 11.1. The average molecular weight is 225 g/mol. The van der Waals surface area contributed by atoms with Gasteiger partial charge in [0.1, 0.15) is 11.1 Å². The van der Waals surface area contributed by atoms with Gasteiger partial charge in [-0.15, -0.1) is 0 Å². The quantitative estimate of drug-likeness (QED) is 0.829. The Hall–Kier alpha value is -1.43. The minimum atomic E-state index is -3.13. The molecule has 0 aliphatic carbocycles. The van der Waals surface area contributed by atoms with Crippen LogP contribution < -0.4 is 0 Å². The second kappa shape index (κ2) is 3.30. The van der Waals surface area contributed by atoms with Crippen LogP contribution in [0, 0.1) is 0 Å². The van der Waals surface area contributed by atoms with Crippen molar-refractivity contribution in [3.8, 4) is 0 Å². The second-order valence-electron chi connectivity index (χ2n) is 3.47. The van der Waals surface area contributed by atoms with Crippen molar-refractivity contribution in [3.05, 3.63) is 24.2 Å². The van der Waals surface area contributed by atoms with Crippen LogP contribution in [0.4, 0.5) is 0 Å². The summed E-state index contributed by atoms with van der Waals surface area (Å²) in [4.78, 5) is 11.1. The van der Waals surface area contributed by atoms with E-state index in [4.69, 9.17) is 0 Å². The number of aromatic amines is 1. The monoisotopic (exact) mass is 225 g/mol. The first kappa shape index (κ1) is 10.1. The molecule has 0 fully saturated rings. The van der Waals surface area contributed by atoms with Crippen LogP contribution >= 0.6 is 0 Å². The Bertz CT molecular complexity index is 555. The SMILES string of the molecule is CC(c1nc2ncccc2[nH]1)S(C)(=O)=O. The van der Waals surface area contributed by atoms with Crippen molar-refractivity contribution in [2.45, 2.75) is 12.2 Å². The number of hydrogen-bond acceptors (Lipinski definition) is 4. The predicted molar refractivity (Wildman–Crippen MR) is 57.1 cm³/mol. The highest BCUT2D eigenvalue weighted by atomic mass is 32.2. The van der Waals surface area contributed by atoms with E-state index in [9.17, 15) is 8.42 Å². The molecule has 1 N–H and O–H groups in total. The van der Waals surface area contributed by atoms with Gasteiger partial charge in [-0.25, -0.2) is 18.4 Å². The van der Waals surface area contributed by atoms with Gasteiger partial charge < -0.3 is 4.98 Å². The molecule has 2 aromatic rings. The van der Waals surface area contributed by atoms with Crippen molar-refractivity contribution in [2.24, 2.45) is 0 Å². The van der Waals surface area contributed by atoms with Gasteiger partial charge in [0.15, 0.2) is 15.5 Å². The average Bonchev–Trinajstić information content (AvgIpc) is 2.58. The second-order valence-corrected chi connectivity index (χ2v) is 5.83. The van der Waals surface area contributed by atoms with E-state index < -0.39 is 15.1 Å². The van der Waals surface area contributed by atoms with Gasteiger partial charge in [0, 0.05) is 12.5 Å². The van der Waals surface area contributed by atoms with E-state index in [1.54, 1.807) is 19.2 Å². The third kappa shape index (κ3) is 1.85. The molecule has 2 aromatic heterocycles. The smallest absolute Gasteiger partial charge is 0.177 e. The summed E-state index contributed by atoms with van der Waals surface area (Å²) >= 11 is 0. The van der Waals surface area contributed by atoms with Crippen molar-refractivity contribution in [1.82, 2.24) is 15.0 Å². The molecule has 0 aromatic carbocycles. The number of nitrogens with zero attached hydrogens (tertiary/aromatic N) is 2. The summed E-state index contributed by atoms with van der Waals surface area (Å²) in [5, 5.41) is -0.633. The molecule has 1 unspecified atom stereocenters. The lowest BCUT2D eigenvalue weighted by Gasteiger charge is -2.03. The number of rotatable bonds is 2. The molecule has 2 rings (SSSR count). The number of hydrogen-bond donors (Lipinski definition) is 1. The van der Waals surface area contributed by atoms with Gasteiger partial charge in [0.05, 0.1) is 5.52 Å². The normalized spacial score (nSPS) is 14.3. The van der Waals surface area contributed by atoms with Crippen molar-refractivity contribution < 1.29 is 8.42 Å². The highest BCUT2D eigenvalue weighted by Gasteiger charge is 2.20. The zero-order valence-corrected chi connectivity index (χ0v) is 9.25. The number of pyridine rings is 1.